The molecule has 0 spiro atoms. The van der Waals surface area contributed by atoms with Crippen molar-refractivity contribution in [3.8, 4) is 5.75 Å². The van der Waals surface area contributed by atoms with E-state index in [0.29, 0.717) is 0 Å². The minimum Gasteiger partial charge on any atom is -0.496 e. The molecular formula is C13H19NO2. The van der Waals surface area contributed by atoms with Crippen molar-refractivity contribution in [1.82, 2.24) is 5.32 Å². The van der Waals surface area contributed by atoms with Crippen LogP contribution in [0.5, 0.6) is 5.75 Å². The molecule has 2 N–H and O–H groups in total. The molecule has 0 radical (unpaired) electrons. The van der Waals surface area contributed by atoms with Gasteiger partial charge in [0.05, 0.1) is 13.7 Å². The predicted molar refractivity (Wildman–Crippen MR) is 63.5 cm³/mol. The molecule has 0 heterocycles. The highest BCUT2D eigenvalue weighted by Gasteiger charge is 2.35. The minimum atomic E-state index is -0.0408. The van der Waals surface area contributed by atoms with Crippen LogP contribution in [0.25, 0.3) is 0 Å². The lowest BCUT2D eigenvalue weighted by Crippen LogP contribution is -2.53. The maximum atomic E-state index is 9.35. The Balaban J connectivity index is 1.98. The molecule has 0 aliphatic heterocycles. The number of rotatable bonds is 5. The van der Waals surface area contributed by atoms with Gasteiger partial charge in [-0.1, -0.05) is 18.2 Å². The molecule has 1 aliphatic rings. The summed E-state index contributed by atoms with van der Waals surface area (Å²) in [5.74, 6) is 0.905. The third-order valence-corrected chi connectivity index (χ3v) is 3.46. The quantitative estimate of drug-likeness (QED) is 0.795. The normalized spacial score (nSPS) is 17.9. The molecule has 3 heteroatoms. The highest BCUT2D eigenvalue weighted by Crippen LogP contribution is 2.32. The van der Waals surface area contributed by atoms with Gasteiger partial charge in [-0.25, -0.2) is 0 Å². The fourth-order valence-electron chi connectivity index (χ4n) is 2.13. The Labute approximate surface area is 96.4 Å². The maximum absolute atomic E-state index is 9.35. The summed E-state index contributed by atoms with van der Waals surface area (Å²) in [6.07, 6.45) is 3.34. The van der Waals surface area contributed by atoms with Crippen molar-refractivity contribution in [2.24, 2.45) is 0 Å². The van der Waals surface area contributed by atoms with Gasteiger partial charge in [-0.3, -0.25) is 0 Å². The summed E-state index contributed by atoms with van der Waals surface area (Å²) in [6, 6.07) is 7.98. The van der Waals surface area contributed by atoms with Crippen LogP contribution in [0.1, 0.15) is 24.8 Å². The Bertz CT molecular complexity index is 342. The van der Waals surface area contributed by atoms with Crippen molar-refractivity contribution in [2.75, 3.05) is 13.7 Å². The largest absolute Gasteiger partial charge is 0.496 e. The van der Waals surface area contributed by atoms with Crippen LogP contribution >= 0.6 is 0 Å². The number of nitrogens with one attached hydrogen (secondary N) is 1. The molecule has 2 rings (SSSR count). The van der Waals surface area contributed by atoms with Gasteiger partial charge in [0.2, 0.25) is 0 Å². The number of benzene rings is 1. The van der Waals surface area contributed by atoms with Crippen LogP contribution in [-0.4, -0.2) is 24.4 Å². The highest BCUT2D eigenvalue weighted by molar-refractivity contribution is 5.33. The lowest BCUT2D eigenvalue weighted by Gasteiger charge is -2.41. The highest BCUT2D eigenvalue weighted by atomic mass is 16.5. The Morgan fingerprint density at radius 1 is 1.38 bits per heavy atom. The molecule has 1 saturated carbocycles. The lowest BCUT2D eigenvalue weighted by atomic mass is 9.77. The van der Waals surface area contributed by atoms with Crippen molar-refractivity contribution in [1.29, 1.82) is 0 Å². The lowest BCUT2D eigenvalue weighted by molar-refractivity contribution is 0.0870. The van der Waals surface area contributed by atoms with Crippen molar-refractivity contribution in [3.63, 3.8) is 0 Å². The number of methoxy groups -OCH3 is 1. The summed E-state index contributed by atoms with van der Waals surface area (Å²) in [4.78, 5) is 0. The first kappa shape index (κ1) is 11.4. The number of para-hydroxylation sites is 1. The Hall–Kier alpha value is -1.06. The van der Waals surface area contributed by atoms with E-state index in [2.05, 4.69) is 11.4 Å². The average molecular weight is 221 g/mol. The van der Waals surface area contributed by atoms with Crippen LogP contribution < -0.4 is 10.1 Å². The van der Waals surface area contributed by atoms with Gasteiger partial charge in [0.25, 0.3) is 0 Å². The topological polar surface area (TPSA) is 41.5 Å². The third kappa shape index (κ3) is 2.20. The Kier molecular flexibility index (Phi) is 3.46. The minimum absolute atomic E-state index is 0.0408. The number of aliphatic hydroxyl groups is 1. The second-order valence-electron chi connectivity index (χ2n) is 4.46. The Morgan fingerprint density at radius 2 is 2.12 bits per heavy atom. The van der Waals surface area contributed by atoms with E-state index >= 15 is 0 Å². The van der Waals surface area contributed by atoms with Gasteiger partial charge < -0.3 is 15.2 Å². The molecule has 0 amide bonds. The molecule has 0 bridgehead atoms. The van der Waals surface area contributed by atoms with E-state index < -0.39 is 0 Å². The van der Waals surface area contributed by atoms with Gasteiger partial charge >= 0.3 is 0 Å². The summed E-state index contributed by atoms with van der Waals surface area (Å²) >= 11 is 0. The third-order valence-electron chi connectivity index (χ3n) is 3.46. The predicted octanol–water partition coefficient (Wildman–Crippen LogP) is 1.70. The second kappa shape index (κ2) is 4.85. The van der Waals surface area contributed by atoms with E-state index in [0.717, 1.165) is 30.7 Å². The number of aliphatic hydroxyl groups excluding tert-OH is 1. The number of ether oxygens (including phenoxy) is 1. The summed E-state index contributed by atoms with van der Waals surface area (Å²) in [5, 5.41) is 12.8. The molecule has 3 nitrogen and oxygen atoms in total. The first-order valence-corrected chi connectivity index (χ1v) is 5.77. The van der Waals surface area contributed by atoms with Crippen LogP contribution in [-0.2, 0) is 6.54 Å². The molecule has 16 heavy (non-hydrogen) atoms. The van der Waals surface area contributed by atoms with Crippen LogP contribution in [0.2, 0.25) is 0 Å². The molecule has 0 atom stereocenters. The zero-order chi connectivity index (χ0) is 11.4. The number of hydrogen-bond donors (Lipinski definition) is 2. The zero-order valence-electron chi connectivity index (χ0n) is 9.70. The summed E-state index contributed by atoms with van der Waals surface area (Å²) in [6.45, 7) is 0.979. The average Bonchev–Trinajstić information content (AvgIpc) is 2.29. The fraction of sp³-hybridized carbons (Fsp3) is 0.538. The molecule has 88 valence electrons. The van der Waals surface area contributed by atoms with Crippen molar-refractivity contribution in [2.45, 2.75) is 31.3 Å². The molecule has 1 aromatic rings. The van der Waals surface area contributed by atoms with Crippen LogP contribution in [0.15, 0.2) is 24.3 Å². The van der Waals surface area contributed by atoms with Gasteiger partial charge in [0, 0.05) is 17.6 Å². The molecule has 0 saturated heterocycles. The fourth-order valence-corrected chi connectivity index (χ4v) is 2.13. The SMILES string of the molecule is COc1ccccc1CNC1(CO)CCC1. The summed E-state index contributed by atoms with van der Waals surface area (Å²) < 4.78 is 5.29. The van der Waals surface area contributed by atoms with Gasteiger partial charge in [-0.05, 0) is 25.3 Å². The monoisotopic (exact) mass is 221 g/mol. The van der Waals surface area contributed by atoms with Gasteiger partial charge in [0.1, 0.15) is 5.75 Å². The number of hydrogen-bond acceptors (Lipinski definition) is 3. The Morgan fingerprint density at radius 3 is 2.69 bits per heavy atom. The van der Waals surface area contributed by atoms with E-state index in [4.69, 9.17) is 4.74 Å². The van der Waals surface area contributed by atoms with Gasteiger partial charge in [-0.15, -0.1) is 0 Å². The molecule has 0 aromatic heterocycles. The van der Waals surface area contributed by atoms with Gasteiger partial charge in [0.15, 0.2) is 0 Å². The zero-order valence-corrected chi connectivity index (χ0v) is 9.70. The first-order valence-electron chi connectivity index (χ1n) is 5.77. The van der Waals surface area contributed by atoms with Crippen LogP contribution in [0, 0.1) is 0 Å². The van der Waals surface area contributed by atoms with Gasteiger partial charge in [-0.2, -0.15) is 0 Å². The molecule has 1 aliphatic carbocycles. The van der Waals surface area contributed by atoms with Crippen LogP contribution in [0.3, 0.4) is 0 Å². The van der Waals surface area contributed by atoms with E-state index in [1.165, 1.54) is 6.42 Å². The van der Waals surface area contributed by atoms with E-state index in [1.807, 2.05) is 18.2 Å². The van der Waals surface area contributed by atoms with Crippen LogP contribution in [0.4, 0.5) is 0 Å². The van der Waals surface area contributed by atoms with E-state index in [9.17, 15) is 5.11 Å². The van der Waals surface area contributed by atoms with E-state index in [-0.39, 0.29) is 12.1 Å². The summed E-state index contributed by atoms with van der Waals surface area (Å²) in [7, 11) is 1.68. The molecule has 1 fully saturated rings. The summed E-state index contributed by atoms with van der Waals surface area (Å²) in [5.41, 5.74) is 1.10. The second-order valence-corrected chi connectivity index (χ2v) is 4.46. The van der Waals surface area contributed by atoms with Crippen molar-refractivity contribution < 1.29 is 9.84 Å². The maximum Gasteiger partial charge on any atom is 0.123 e. The van der Waals surface area contributed by atoms with Crippen molar-refractivity contribution >= 4 is 0 Å². The molecule has 1 aromatic carbocycles. The smallest absolute Gasteiger partial charge is 0.123 e. The van der Waals surface area contributed by atoms with E-state index in [1.54, 1.807) is 7.11 Å². The first-order chi connectivity index (χ1) is 7.79. The van der Waals surface area contributed by atoms with Crippen molar-refractivity contribution in [3.05, 3.63) is 29.8 Å². The standard InChI is InChI=1S/C13H19NO2/c1-16-12-6-3-2-5-11(12)9-14-13(10-15)7-4-8-13/h2-3,5-6,14-15H,4,7-10H2,1H3. The molecule has 0 unspecified atom stereocenters. The molecular weight excluding hydrogens is 202 g/mol.